The quantitative estimate of drug-likeness (QED) is 0.0471. The first kappa shape index (κ1) is 87.1. The lowest BCUT2D eigenvalue weighted by atomic mass is 9.79. The number of ketones is 2. The maximum atomic E-state index is 15.0. The zero-order chi connectivity index (χ0) is 85.0. The van der Waals surface area contributed by atoms with Gasteiger partial charge in [-0.15, -0.1) is 0 Å². The summed E-state index contributed by atoms with van der Waals surface area (Å²) in [6.07, 6.45) is 8.76. The molecule has 4 amide bonds. The molecule has 2 saturated heterocycles. The van der Waals surface area contributed by atoms with Gasteiger partial charge in [0.05, 0.1) is 70.2 Å². The molecule has 32 heteroatoms. The van der Waals surface area contributed by atoms with E-state index in [1.54, 1.807) is 62.6 Å². The van der Waals surface area contributed by atoms with E-state index in [0.29, 0.717) is 135 Å². The molecule has 0 bridgehead atoms. The van der Waals surface area contributed by atoms with Gasteiger partial charge >= 0.3 is 11.9 Å². The molecule has 0 spiro atoms. The molecule has 2 aromatic carbocycles. The lowest BCUT2D eigenvalue weighted by molar-refractivity contribution is -0.175. The van der Waals surface area contributed by atoms with E-state index in [2.05, 4.69) is 19.4 Å². The van der Waals surface area contributed by atoms with E-state index in [4.69, 9.17) is 37.9 Å². The van der Waals surface area contributed by atoms with Crippen LogP contribution in [0.4, 0.5) is 17.6 Å². The maximum Gasteiger partial charge on any atom is 0.307 e. The Morgan fingerprint density at radius 3 is 1.28 bits per heavy atom. The van der Waals surface area contributed by atoms with E-state index in [1.807, 2.05) is 52.0 Å². The number of carbonyl (C=O) groups excluding carboxylic acids is 8. The van der Waals surface area contributed by atoms with Gasteiger partial charge in [-0.2, -0.15) is 0 Å². The molecule has 4 aliphatic carbocycles. The van der Waals surface area contributed by atoms with E-state index >= 15 is 9.59 Å². The number of fused-ring (bicyclic) bond motifs is 10. The van der Waals surface area contributed by atoms with Crippen molar-refractivity contribution in [3.63, 3.8) is 0 Å². The topological polar surface area (TPSA) is 335 Å². The minimum absolute atomic E-state index is 0.0184. The zero-order valence-corrected chi connectivity index (χ0v) is 70.3. The van der Waals surface area contributed by atoms with Gasteiger partial charge in [0.25, 0.3) is 12.9 Å². The number of sulfonamides is 2. The van der Waals surface area contributed by atoms with Gasteiger partial charge in [0.15, 0.2) is 45.8 Å². The Morgan fingerprint density at radius 2 is 0.924 bits per heavy atom. The van der Waals surface area contributed by atoms with Crippen molar-refractivity contribution in [3.8, 4) is 34.8 Å². The van der Waals surface area contributed by atoms with Gasteiger partial charge < -0.3 is 47.7 Å². The van der Waals surface area contributed by atoms with Crippen molar-refractivity contribution >= 4 is 88.7 Å². The standard InChI is InChI=1S/2C43H55F2N3O10S/c2*1-6-26-19-25(2)9-7-8-10-27-22-43(27,40(52)47-59(53,54)42(5)14-15-42)23-33(49)32-20-28(24-48(32)38(51)31(26)21-35(50)58-41(3,4)39(44)45)57-37-30-11-12-34-36(56-18-17-55-34)29(30)13-16-46-37/h2*8,10-13,16,25-28,31-32,39H,6-7,9,14-15,17-24H2,1-5H3,(H,47,52)/b2*10-8-/t25-,26+,27+,28+,31-,32-,43+;25-,26-,27-,28-,31+,32+,43-/m01/s1. The minimum atomic E-state index is -4.01. The Hall–Kier alpha value is -8.68. The molecule has 6 aliphatic heterocycles. The summed E-state index contributed by atoms with van der Waals surface area (Å²) in [7, 11) is -8.02. The molecular formula is C86H110F4N6O20S2. The van der Waals surface area contributed by atoms with Crippen LogP contribution in [0.3, 0.4) is 0 Å². The van der Waals surface area contributed by atoms with Gasteiger partial charge in [-0.3, -0.25) is 47.8 Å². The number of benzene rings is 2. The third kappa shape index (κ3) is 18.3. The van der Waals surface area contributed by atoms with Crippen molar-refractivity contribution in [3.05, 3.63) is 73.1 Å². The summed E-state index contributed by atoms with van der Waals surface area (Å²) >= 11 is 0. The molecule has 2 N–H and O–H groups in total. The van der Waals surface area contributed by atoms with Crippen LogP contribution in [0.1, 0.15) is 198 Å². The third-order valence-electron chi connectivity index (χ3n) is 26.2. The molecule has 10 aliphatic rings. The van der Waals surface area contributed by atoms with Crippen molar-refractivity contribution in [2.24, 2.45) is 58.2 Å². The van der Waals surface area contributed by atoms with Crippen molar-refractivity contribution in [2.75, 3.05) is 39.5 Å². The summed E-state index contributed by atoms with van der Waals surface area (Å²) in [5.41, 5.74) is -6.87. The van der Waals surface area contributed by atoms with Crippen LogP contribution in [0.25, 0.3) is 21.5 Å². The van der Waals surface area contributed by atoms with Crippen LogP contribution in [0.15, 0.2) is 73.1 Å². The van der Waals surface area contributed by atoms with E-state index in [0.717, 1.165) is 40.5 Å². The second kappa shape index (κ2) is 34.1. The number of nitrogens with zero attached hydrogens (tertiary/aromatic N) is 4. The number of pyridine rings is 2. The van der Waals surface area contributed by atoms with Crippen molar-refractivity contribution in [1.82, 2.24) is 29.2 Å². The summed E-state index contributed by atoms with van der Waals surface area (Å²) in [6, 6.07) is 8.44. The molecule has 0 unspecified atom stereocenters. The van der Waals surface area contributed by atoms with E-state index in [9.17, 15) is 63.2 Å². The molecule has 2 aromatic heterocycles. The molecule has 4 aromatic rings. The monoisotopic (exact) mass is 1690 g/mol. The summed E-state index contributed by atoms with van der Waals surface area (Å²) in [5, 5.41) is 2.64. The van der Waals surface area contributed by atoms with E-state index < -0.39 is 172 Å². The first-order valence-electron chi connectivity index (χ1n) is 41.6. The van der Waals surface area contributed by atoms with Crippen LogP contribution < -0.4 is 37.9 Å². The second-order valence-corrected chi connectivity index (χ2v) is 40.4. The number of aromatic nitrogens is 2. The number of rotatable bonds is 20. The first-order valence-corrected chi connectivity index (χ1v) is 44.5. The third-order valence-corrected chi connectivity index (χ3v) is 30.5. The highest BCUT2D eigenvalue weighted by molar-refractivity contribution is 7.92. The molecule has 14 atom stereocenters. The largest absolute Gasteiger partial charge is 0.486 e. The minimum Gasteiger partial charge on any atom is -0.486 e. The summed E-state index contributed by atoms with van der Waals surface area (Å²) in [6.45, 7) is 16.9. The Morgan fingerprint density at radius 1 is 0.551 bits per heavy atom. The number of allylic oxidation sites excluding steroid dienone is 4. The van der Waals surface area contributed by atoms with E-state index in [1.165, 1.54) is 9.80 Å². The number of amides is 4. The van der Waals surface area contributed by atoms with Gasteiger partial charge in [-0.25, -0.2) is 44.4 Å². The van der Waals surface area contributed by atoms with Gasteiger partial charge in [0.1, 0.15) is 38.6 Å². The number of alkyl halides is 4. The summed E-state index contributed by atoms with van der Waals surface area (Å²) in [4.78, 5) is 126. The molecule has 644 valence electrons. The van der Waals surface area contributed by atoms with Gasteiger partial charge in [-0.05, 0) is 190 Å². The van der Waals surface area contributed by atoms with Gasteiger partial charge in [-0.1, -0.05) is 64.8 Å². The zero-order valence-electron chi connectivity index (χ0n) is 68.7. The van der Waals surface area contributed by atoms with Crippen LogP contribution in [-0.2, 0) is 67.9 Å². The highest BCUT2D eigenvalue weighted by Crippen LogP contribution is 2.60. The Balaban J connectivity index is 0.000000205. The predicted molar refractivity (Wildman–Crippen MR) is 425 cm³/mol. The predicted octanol–water partition coefficient (Wildman–Crippen LogP) is 12.6. The summed E-state index contributed by atoms with van der Waals surface area (Å²) in [5.74, 6) is -5.99. The molecular weight excluding hydrogens is 1580 g/mol. The SMILES string of the molecule is CC[C@@H]1C[C@@H](C)CC/C=C\[C@@H]2C[C@@]2(C(=O)NS(=O)(=O)C2(C)CC2)CC(=O)[C@@H]2C[C@@H](Oc3nccc4c5c(ccc34)OCCO5)CN2C(=O)[C@H]1CC(=O)OC(C)(C)C(F)F.CC[C@@H]1C[C@H](C)CC/C=C\[C@@H]2C[C@@]2(C(=O)NS(=O)(=O)C2(C)CC2)CC(=O)[C@@H]2C[C@@H](Oc3nccc4c5c(ccc34)OCCO5)CN2C(=O)[C@H]1CC(=O)OC(C)(C)C(F)F. The number of Topliss-reactive ketones (excluding diaryl/α,β-unsaturated/α-hetero) is 2. The lowest BCUT2D eigenvalue weighted by Crippen LogP contribution is -2.48. The number of carbonyl (C=O) groups is 8. The fourth-order valence-corrected chi connectivity index (χ4v) is 20.4. The fourth-order valence-electron chi connectivity index (χ4n) is 17.8. The number of halogens is 4. The Bertz CT molecular complexity index is 4550. The molecule has 4 saturated carbocycles. The van der Waals surface area contributed by atoms with Crippen LogP contribution in [0.5, 0.6) is 34.8 Å². The maximum absolute atomic E-state index is 15.0. The number of esters is 2. The molecule has 14 rings (SSSR count). The highest BCUT2D eigenvalue weighted by Gasteiger charge is 2.65. The number of hydrogen-bond donors (Lipinski definition) is 2. The molecule has 6 fully saturated rings. The van der Waals surface area contributed by atoms with Crippen molar-refractivity contribution in [2.45, 2.75) is 255 Å². The average Bonchev–Trinajstić information content (AvgIpc) is 1.57. The fraction of sp³-hybridized carbons (Fsp3) is 0.651. The van der Waals surface area contributed by atoms with Crippen LogP contribution in [0, 0.1) is 58.2 Å². The highest BCUT2D eigenvalue weighted by atomic mass is 32.2. The van der Waals surface area contributed by atoms with Gasteiger partial charge in [0.2, 0.25) is 55.4 Å². The molecule has 8 heterocycles. The van der Waals surface area contributed by atoms with E-state index in [-0.39, 0.29) is 87.0 Å². The number of nitrogens with one attached hydrogen (secondary N) is 2. The second-order valence-electron chi connectivity index (χ2n) is 36.0. The van der Waals surface area contributed by atoms with Crippen LogP contribution in [0.2, 0.25) is 0 Å². The smallest absolute Gasteiger partial charge is 0.307 e. The normalized spacial score (nSPS) is 30.1. The van der Waals surface area contributed by atoms with Crippen molar-refractivity contribution < 1.29 is 111 Å². The van der Waals surface area contributed by atoms with Crippen molar-refractivity contribution in [1.29, 1.82) is 0 Å². The summed E-state index contributed by atoms with van der Waals surface area (Å²) < 4.78 is 158. The Kier molecular flexibility index (Phi) is 25.2. The molecule has 118 heavy (non-hydrogen) atoms. The number of hydrogen-bond acceptors (Lipinski definition) is 22. The number of ether oxygens (including phenoxy) is 8. The average molecular weight is 1690 g/mol. The molecule has 0 radical (unpaired) electrons. The van der Waals surface area contributed by atoms with Gasteiger partial charge in [0, 0.05) is 59.6 Å². The van der Waals surface area contributed by atoms with Crippen LogP contribution in [-0.4, -0.2) is 181 Å². The molecule has 26 nitrogen and oxygen atoms in total. The first-order chi connectivity index (χ1) is 55.8. The Labute approximate surface area is 686 Å². The van der Waals surface area contributed by atoms with Crippen LogP contribution >= 0.6 is 0 Å². The lowest BCUT2D eigenvalue weighted by Gasteiger charge is -2.34.